The van der Waals surface area contributed by atoms with E-state index in [0.717, 1.165) is 16.7 Å². The van der Waals surface area contributed by atoms with E-state index in [1.807, 2.05) is 0 Å². The zero-order valence-electron chi connectivity index (χ0n) is 13.5. The number of aromatic amines is 2. The number of benzene rings is 1. The lowest BCUT2D eigenvalue weighted by molar-refractivity contribution is -0.274. The summed E-state index contributed by atoms with van der Waals surface area (Å²) >= 11 is 0. The third-order valence-corrected chi connectivity index (χ3v) is 3.41. The number of fused-ring (bicyclic) bond motifs is 1. The van der Waals surface area contributed by atoms with E-state index >= 15 is 0 Å². The number of nitrogens with zero attached hydrogens (tertiary/aromatic N) is 2. The van der Waals surface area contributed by atoms with E-state index in [-0.39, 0.29) is 42.5 Å². The van der Waals surface area contributed by atoms with Gasteiger partial charge in [0, 0.05) is 19.2 Å². The Morgan fingerprint density at radius 1 is 1.19 bits per heavy atom. The van der Waals surface area contributed by atoms with Crippen LogP contribution >= 0.6 is 0 Å². The van der Waals surface area contributed by atoms with Gasteiger partial charge in [-0.3, -0.25) is 14.3 Å². The number of aliphatic hydroxyl groups excluding tert-OH is 1. The zero-order chi connectivity index (χ0) is 19.6. The van der Waals surface area contributed by atoms with Crippen LogP contribution in [0.15, 0.2) is 33.9 Å². The molecule has 12 heteroatoms. The third kappa shape index (κ3) is 4.28. The van der Waals surface area contributed by atoms with Gasteiger partial charge in [-0.15, -0.1) is 13.2 Å². The lowest BCUT2D eigenvalue weighted by Crippen LogP contribution is -2.35. The normalized spacial score (nSPS) is 11.7. The molecule has 0 bridgehead atoms. The number of imidazole rings is 1. The Labute approximate surface area is 148 Å². The number of hydrogen-bond donors (Lipinski definition) is 3. The Hall–Kier alpha value is -3.28. The van der Waals surface area contributed by atoms with Crippen LogP contribution in [0.4, 0.5) is 13.2 Å². The molecule has 0 saturated heterocycles. The molecule has 27 heavy (non-hydrogen) atoms. The first-order valence-corrected chi connectivity index (χ1v) is 7.64. The molecule has 1 aromatic carbocycles. The van der Waals surface area contributed by atoms with E-state index < -0.39 is 23.4 Å². The van der Waals surface area contributed by atoms with Crippen molar-refractivity contribution in [1.29, 1.82) is 0 Å². The highest BCUT2D eigenvalue weighted by molar-refractivity contribution is 5.69. The van der Waals surface area contributed by atoms with Gasteiger partial charge in [0.1, 0.15) is 11.5 Å². The summed E-state index contributed by atoms with van der Waals surface area (Å²) in [5.74, 6) is -0.519. The standard InChI is InChI=1S/C15H13F3N4O5/c16-15(17,18)27-9-4-1-3-8(7-9)26-13-19-10-11(20-13)21-14(25)22(12(10)24)5-2-6-23/h1,3-4,7,23H,2,5-6H2,(H,19,20)(H,21,25). The Balaban J connectivity index is 1.90. The monoisotopic (exact) mass is 386 g/mol. The first kappa shape index (κ1) is 18.5. The van der Waals surface area contributed by atoms with Gasteiger partial charge in [0.15, 0.2) is 11.2 Å². The topological polar surface area (TPSA) is 122 Å². The van der Waals surface area contributed by atoms with Crippen molar-refractivity contribution < 1.29 is 27.8 Å². The molecule has 3 rings (SSSR count). The average molecular weight is 386 g/mol. The second kappa shape index (κ2) is 7.15. The van der Waals surface area contributed by atoms with Crippen molar-refractivity contribution in [3.05, 3.63) is 45.1 Å². The van der Waals surface area contributed by atoms with E-state index in [4.69, 9.17) is 9.84 Å². The maximum atomic E-state index is 12.3. The Morgan fingerprint density at radius 3 is 2.63 bits per heavy atom. The maximum absolute atomic E-state index is 12.3. The van der Waals surface area contributed by atoms with Gasteiger partial charge in [-0.2, -0.15) is 4.98 Å². The first-order valence-electron chi connectivity index (χ1n) is 7.64. The summed E-state index contributed by atoms with van der Waals surface area (Å²) in [4.78, 5) is 33.1. The highest BCUT2D eigenvalue weighted by Gasteiger charge is 2.31. The molecule has 3 aromatic rings. The Morgan fingerprint density at radius 2 is 1.93 bits per heavy atom. The molecule has 0 unspecified atom stereocenters. The van der Waals surface area contributed by atoms with Crippen LogP contribution in [0, 0.1) is 0 Å². The highest BCUT2D eigenvalue weighted by atomic mass is 19.4. The van der Waals surface area contributed by atoms with Gasteiger partial charge in [-0.25, -0.2) is 4.79 Å². The number of aliphatic hydroxyl groups is 1. The average Bonchev–Trinajstić information content (AvgIpc) is 2.96. The summed E-state index contributed by atoms with van der Waals surface area (Å²) in [6.45, 7) is -0.190. The van der Waals surface area contributed by atoms with Gasteiger partial charge >= 0.3 is 18.1 Å². The molecule has 3 N–H and O–H groups in total. The fourth-order valence-corrected chi connectivity index (χ4v) is 2.32. The summed E-state index contributed by atoms with van der Waals surface area (Å²) in [5, 5.41) is 8.84. The molecular formula is C15H13F3N4O5. The van der Waals surface area contributed by atoms with E-state index in [9.17, 15) is 22.8 Å². The highest BCUT2D eigenvalue weighted by Crippen LogP contribution is 2.28. The van der Waals surface area contributed by atoms with Gasteiger partial charge in [0.2, 0.25) is 0 Å². The number of nitrogens with one attached hydrogen (secondary N) is 2. The van der Waals surface area contributed by atoms with Crippen molar-refractivity contribution in [3.8, 4) is 17.5 Å². The zero-order valence-corrected chi connectivity index (χ0v) is 13.5. The van der Waals surface area contributed by atoms with Gasteiger partial charge < -0.3 is 19.6 Å². The molecule has 0 atom stereocenters. The third-order valence-electron chi connectivity index (χ3n) is 3.41. The summed E-state index contributed by atoms with van der Waals surface area (Å²) in [7, 11) is 0. The molecule has 2 heterocycles. The van der Waals surface area contributed by atoms with E-state index in [0.29, 0.717) is 0 Å². The van der Waals surface area contributed by atoms with Crippen LogP contribution in [0.25, 0.3) is 11.2 Å². The molecule has 0 saturated carbocycles. The van der Waals surface area contributed by atoms with Crippen molar-refractivity contribution in [3.63, 3.8) is 0 Å². The summed E-state index contributed by atoms with van der Waals surface area (Å²) in [6.07, 6.45) is -4.64. The minimum atomic E-state index is -4.85. The van der Waals surface area contributed by atoms with Crippen molar-refractivity contribution in [2.75, 3.05) is 6.61 Å². The quantitative estimate of drug-likeness (QED) is 0.590. The van der Waals surface area contributed by atoms with E-state index in [1.54, 1.807) is 0 Å². The van der Waals surface area contributed by atoms with Crippen LogP contribution in [0.3, 0.4) is 0 Å². The van der Waals surface area contributed by atoms with E-state index in [1.165, 1.54) is 12.1 Å². The second-order valence-electron chi connectivity index (χ2n) is 5.35. The number of halogens is 3. The number of H-pyrrole nitrogens is 2. The van der Waals surface area contributed by atoms with Gasteiger partial charge in [-0.05, 0) is 18.6 Å². The Kier molecular flexibility index (Phi) is 4.90. The number of hydrogen-bond acceptors (Lipinski definition) is 6. The van der Waals surface area contributed by atoms with Gasteiger partial charge in [0.25, 0.3) is 5.56 Å². The fourth-order valence-electron chi connectivity index (χ4n) is 2.32. The van der Waals surface area contributed by atoms with Crippen LogP contribution < -0.4 is 20.7 Å². The number of rotatable bonds is 6. The predicted molar refractivity (Wildman–Crippen MR) is 85.9 cm³/mol. The van der Waals surface area contributed by atoms with Gasteiger partial charge in [-0.1, -0.05) is 6.07 Å². The molecule has 0 radical (unpaired) electrons. The smallest absolute Gasteiger partial charge is 0.425 e. The molecule has 0 spiro atoms. The van der Waals surface area contributed by atoms with Crippen LogP contribution in [0.1, 0.15) is 6.42 Å². The molecule has 0 aliphatic carbocycles. The SMILES string of the molecule is O=c1[nH]c2nc(Oc3cccc(OC(F)(F)F)c3)[nH]c2c(=O)n1CCCO. The van der Waals surface area contributed by atoms with Crippen molar-refractivity contribution in [2.24, 2.45) is 0 Å². The van der Waals surface area contributed by atoms with Crippen LogP contribution in [0.5, 0.6) is 17.5 Å². The van der Waals surface area contributed by atoms with Gasteiger partial charge in [0.05, 0.1) is 0 Å². The molecular weight excluding hydrogens is 373 g/mol. The molecule has 144 valence electrons. The van der Waals surface area contributed by atoms with Crippen LogP contribution in [-0.2, 0) is 6.54 Å². The van der Waals surface area contributed by atoms with Crippen molar-refractivity contribution in [1.82, 2.24) is 19.5 Å². The van der Waals surface area contributed by atoms with Crippen LogP contribution in [-0.4, -0.2) is 37.6 Å². The van der Waals surface area contributed by atoms with Crippen molar-refractivity contribution in [2.45, 2.75) is 19.3 Å². The molecule has 0 fully saturated rings. The predicted octanol–water partition coefficient (Wildman–Crippen LogP) is 1.49. The molecule has 9 nitrogen and oxygen atoms in total. The summed E-state index contributed by atoms with van der Waals surface area (Å²) in [5.41, 5.74) is -1.49. The number of aromatic nitrogens is 4. The first-order chi connectivity index (χ1) is 12.8. The van der Waals surface area contributed by atoms with Crippen LogP contribution in [0.2, 0.25) is 0 Å². The molecule has 0 aliphatic heterocycles. The number of ether oxygens (including phenoxy) is 2. The Bertz CT molecular complexity index is 1070. The van der Waals surface area contributed by atoms with Crippen molar-refractivity contribution >= 4 is 11.2 Å². The minimum absolute atomic E-state index is 0.00659. The molecule has 0 aliphatic rings. The lowest BCUT2D eigenvalue weighted by atomic mass is 10.3. The molecule has 0 amide bonds. The minimum Gasteiger partial charge on any atom is -0.425 e. The molecule has 2 aromatic heterocycles. The lowest BCUT2D eigenvalue weighted by Gasteiger charge is -2.09. The number of alkyl halides is 3. The fraction of sp³-hybridized carbons (Fsp3) is 0.267. The summed E-state index contributed by atoms with van der Waals surface area (Å²) in [6, 6.07) is 4.52. The van der Waals surface area contributed by atoms with E-state index in [2.05, 4.69) is 19.7 Å². The second-order valence-corrected chi connectivity index (χ2v) is 5.35. The summed E-state index contributed by atoms with van der Waals surface area (Å²) < 4.78 is 46.8. The largest absolute Gasteiger partial charge is 0.573 e. The maximum Gasteiger partial charge on any atom is 0.573 e.